The van der Waals surface area contributed by atoms with E-state index in [9.17, 15) is 0 Å². The zero-order valence-corrected chi connectivity index (χ0v) is 12.3. The van der Waals surface area contributed by atoms with Crippen LogP contribution in [0.5, 0.6) is 5.75 Å². The van der Waals surface area contributed by atoms with Crippen LogP contribution in [0.25, 0.3) is 0 Å². The van der Waals surface area contributed by atoms with E-state index in [0.29, 0.717) is 5.11 Å². The van der Waals surface area contributed by atoms with Gasteiger partial charge in [-0.25, -0.2) is 0 Å². The highest BCUT2D eigenvalue weighted by Crippen LogP contribution is 2.10. The van der Waals surface area contributed by atoms with Gasteiger partial charge < -0.3 is 14.8 Å². The third-order valence-electron chi connectivity index (χ3n) is 3.01. The highest BCUT2D eigenvalue weighted by molar-refractivity contribution is 7.80. The molecular weight excluding hydrogens is 274 g/mol. The molecule has 5 nitrogen and oxygen atoms in total. The average Bonchev–Trinajstić information content (AvgIpc) is 2.99. The van der Waals surface area contributed by atoms with Gasteiger partial charge in [0.05, 0.1) is 19.4 Å². The van der Waals surface area contributed by atoms with E-state index in [0.717, 1.165) is 37.3 Å². The van der Waals surface area contributed by atoms with Crippen molar-refractivity contribution < 1.29 is 9.47 Å². The third kappa shape index (κ3) is 4.79. The first kappa shape index (κ1) is 14.7. The molecule has 1 aromatic rings. The lowest BCUT2D eigenvalue weighted by atomic mass is 10.2. The van der Waals surface area contributed by atoms with E-state index in [4.69, 9.17) is 21.7 Å². The normalized spacial score (nSPS) is 18.1. The van der Waals surface area contributed by atoms with Gasteiger partial charge in [0, 0.05) is 13.2 Å². The largest absolute Gasteiger partial charge is 0.497 e. The van der Waals surface area contributed by atoms with Crippen LogP contribution in [0.2, 0.25) is 0 Å². The van der Waals surface area contributed by atoms with E-state index in [1.54, 1.807) is 13.3 Å². The lowest BCUT2D eigenvalue weighted by Crippen LogP contribution is -2.37. The van der Waals surface area contributed by atoms with E-state index in [1.807, 2.05) is 24.3 Å². The zero-order valence-electron chi connectivity index (χ0n) is 11.5. The molecule has 0 aliphatic carbocycles. The molecule has 2 N–H and O–H groups in total. The monoisotopic (exact) mass is 293 g/mol. The molecule has 0 spiro atoms. The van der Waals surface area contributed by atoms with Crippen molar-refractivity contribution in [2.75, 3.05) is 20.3 Å². The third-order valence-corrected chi connectivity index (χ3v) is 3.25. The standard InChI is InChI=1S/C14H19N3O2S/c1-18-12-6-4-11(5-7-12)9-16-17-14(20)15-10-13-3-2-8-19-13/h4-7,9,13H,2-3,8,10H2,1H3,(H2,15,17,20)/b16-9-/t13-/m1/s1. The van der Waals surface area contributed by atoms with E-state index in [2.05, 4.69) is 15.8 Å². The number of nitrogens with zero attached hydrogens (tertiary/aromatic N) is 1. The first-order valence-electron chi connectivity index (χ1n) is 6.60. The number of ether oxygens (including phenoxy) is 2. The second-order valence-electron chi connectivity index (χ2n) is 4.49. The first-order chi connectivity index (χ1) is 9.78. The summed E-state index contributed by atoms with van der Waals surface area (Å²) in [5.74, 6) is 0.823. The predicted octanol–water partition coefficient (Wildman–Crippen LogP) is 1.67. The van der Waals surface area contributed by atoms with Crippen LogP contribution in [-0.4, -0.2) is 37.7 Å². The van der Waals surface area contributed by atoms with E-state index < -0.39 is 0 Å². The van der Waals surface area contributed by atoms with Gasteiger partial charge in [-0.3, -0.25) is 5.43 Å². The highest BCUT2D eigenvalue weighted by Gasteiger charge is 2.14. The molecular formula is C14H19N3O2S. The Bertz CT molecular complexity index is 456. The number of rotatable bonds is 5. The minimum Gasteiger partial charge on any atom is -0.497 e. The van der Waals surface area contributed by atoms with E-state index in [1.165, 1.54) is 0 Å². The van der Waals surface area contributed by atoms with Crippen LogP contribution >= 0.6 is 12.2 Å². The topological polar surface area (TPSA) is 54.9 Å². The lowest BCUT2D eigenvalue weighted by Gasteiger charge is -2.11. The number of methoxy groups -OCH3 is 1. The Morgan fingerprint density at radius 1 is 1.50 bits per heavy atom. The molecule has 0 aromatic heterocycles. The Morgan fingerprint density at radius 2 is 2.30 bits per heavy atom. The van der Waals surface area contributed by atoms with Crippen LogP contribution < -0.4 is 15.5 Å². The molecule has 1 aliphatic heterocycles. The molecule has 0 radical (unpaired) electrons. The van der Waals surface area contributed by atoms with Crippen LogP contribution in [0, 0.1) is 0 Å². The predicted molar refractivity (Wildman–Crippen MR) is 83.3 cm³/mol. The van der Waals surface area contributed by atoms with Crippen LogP contribution in [0.1, 0.15) is 18.4 Å². The fraction of sp³-hybridized carbons (Fsp3) is 0.429. The number of hydrogen-bond acceptors (Lipinski definition) is 4. The Labute approximate surface area is 124 Å². The second-order valence-corrected chi connectivity index (χ2v) is 4.90. The summed E-state index contributed by atoms with van der Waals surface area (Å²) in [5, 5.41) is 7.68. The molecule has 0 unspecified atom stereocenters. The summed E-state index contributed by atoms with van der Waals surface area (Å²) in [7, 11) is 1.64. The highest BCUT2D eigenvalue weighted by atomic mass is 32.1. The Hall–Kier alpha value is -1.66. The molecule has 1 atom stereocenters. The molecule has 6 heteroatoms. The Morgan fingerprint density at radius 3 is 2.95 bits per heavy atom. The average molecular weight is 293 g/mol. The fourth-order valence-corrected chi connectivity index (χ4v) is 2.04. The lowest BCUT2D eigenvalue weighted by molar-refractivity contribution is 0.114. The number of hydrogen-bond donors (Lipinski definition) is 2. The molecule has 2 rings (SSSR count). The Kier molecular flexibility index (Phi) is 5.76. The summed E-state index contributed by atoms with van der Waals surface area (Å²) in [6.45, 7) is 1.58. The Balaban J connectivity index is 1.69. The molecule has 20 heavy (non-hydrogen) atoms. The smallest absolute Gasteiger partial charge is 0.187 e. The maximum absolute atomic E-state index is 5.50. The maximum atomic E-state index is 5.50. The SMILES string of the molecule is COc1ccc(/C=N\NC(=S)NC[C@H]2CCCO2)cc1. The van der Waals surface area contributed by atoms with Crippen molar-refractivity contribution in [3.8, 4) is 5.75 Å². The second kappa shape index (κ2) is 7.81. The van der Waals surface area contributed by atoms with Gasteiger partial charge >= 0.3 is 0 Å². The molecule has 1 heterocycles. The molecule has 1 fully saturated rings. The molecule has 1 aliphatic rings. The van der Waals surface area contributed by atoms with Gasteiger partial charge in [-0.15, -0.1) is 0 Å². The number of benzene rings is 1. The summed E-state index contributed by atoms with van der Waals surface area (Å²) in [6, 6.07) is 7.62. The summed E-state index contributed by atoms with van der Waals surface area (Å²) in [5.41, 5.74) is 3.76. The van der Waals surface area contributed by atoms with Gasteiger partial charge in [-0.1, -0.05) is 0 Å². The van der Waals surface area contributed by atoms with Crippen molar-refractivity contribution in [1.29, 1.82) is 0 Å². The molecule has 1 aromatic carbocycles. The summed E-state index contributed by atoms with van der Waals surface area (Å²) >= 11 is 5.13. The van der Waals surface area contributed by atoms with Gasteiger partial charge in [0.2, 0.25) is 0 Å². The van der Waals surface area contributed by atoms with Crippen molar-refractivity contribution >= 4 is 23.5 Å². The number of hydrazone groups is 1. The maximum Gasteiger partial charge on any atom is 0.187 e. The van der Waals surface area contributed by atoms with Gasteiger partial charge in [-0.2, -0.15) is 5.10 Å². The van der Waals surface area contributed by atoms with Gasteiger partial charge in [0.25, 0.3) is 0 Å². The van der Waals surface area contributed by atoms with Crippen molar-refractivity contribution in [3.63, 3.8) is 0 Å². The number of thiocarbonyl (C=S) groups is 1. The van der Waals surface area contributed by atoms with Gasteiger partial charge in [0.1, 0.15) is 5.75 Å². The van der Waals surface area contributed by atoms with Crippen molar-refractivity contribution in [2.24, 2.45) is 5.10 Å². The number of nitrogens with one attached hydrogen (secondary N) is 2. The van der Waals surface area contributed by atoms with Crippen LogP contribution in [0.3, 0.4) is 0 Å². The molecule has 0 bridgehead atoms. The molecule has 0 saturated carbocycles. The molecule has 1 saturated heterocycles. The minimum absolute atomic E-state index is 0.264. The van der Waals surface area contributed by atoms with Crippen molar-refractivity contribution in [3.05, 3.63) is 29.8 Å². The van der Waals surface area contributed by atoms with Crippen molar-refractivity contribution in [2.45, 2.75) is 18.9 Å². The molecule has 0 amide bonds. The van der Waals surface area contributed by atoms with Crippen LogP contribution in [0.15, 0.2) is 29.4 Å². The zero-order chi connectivity index (χ0) is 14.2. The van der Waals surface area contributed by atoms with Crippen molar-refractivity contribution in [1.82, 2.24) is 10.7 Å². The summed E-state index contributed by atoms with van der Waals surface area (Å²) in [4.78, 5) is 0. The van der Waals surface area contributed by atoms with E-state index >= 15 is 0 Å². The van der Waals surface area contributed by atoms with Crippen LogP contribution in [-0.2, 0) is 4.74 Å². The van der Waals surface area contributed by atoms with Gasteiger partial charge in [-0.05, 0) is 54.9 Å². The quantitative estimate of drug-likeness (QED) is 0.491. The summed E-state index contributed by atoms with van der Waals surface area (Å²) in [6.07, 6.45) is 4.19. The first-order valence-corrected chi connectivity index (χ1v) is 7.01. The van der Waals surface area contributed by atoms with Crippen LogP contribution in [0.4, 0.5) is 0 Å². The summed E-state index contributed by atoms with van der Waals surface area (Å²) < 4.78 is 10.6. The van der Waals surface area contributed by atoms with Gasteiger partial charge in [0.15, 0.2) is 5.11 Å². The fourth-order valence-electron chi connectivity index (χ4n) is 1.91. The molecule has 108 valence electrons. The van der Waals surface area contributed by atoms with E-state index in [-0.39, 0.29) is 6.10 Å². The minimum atomic E-state index is 0.264.